The lowest BCUT2D eigenvalue weighted by atomic mass is 10.1. The van der Waals surface area contributed by atoms with Crippen molar-refractivity contribution in [1.29, 1.82) is 0 Å². The highest BCUT2D eigenvalue weighted by Crippen LogP contribution is 1.98. The van der Waals surface area contributed by atoms with Gasteiger partial charge in [-0.15, -0.1) is 0 Å². The van der Waals surface area contributed by atoms with E-state index in [4.69, 9.17) is 0 Å². The van der Waals surface area contributed by atoms with Crippen molar-refractivity contribution < 1.29 is 14.3 Å². The molecule has 0 saturated heterocycles. The van der Waals surface area contributed by atoms with Crippen LogP contribution in [-0.2, 0) is 14.3 Å². The molecule has 0 bridgehead atoms. The van der Waals surface area contributed by atoms with Gasteiger partial charge in [-0.2, -0.15) is 0 Å². The first kappa shape index (κ1) is 9.14. The Bertz CT molecular complexity index is 118. The number of aldehydes is 1. The summed E-state index contributed by atoms with van der Waals surface area (Å²) in [6.07, 6.45) is 0.986. The third kappa shape index (κ3) is 5.28. The van der Waals surface area contributed by atoms with Crippen molar-refractivity contribution in [2.24, 2.45) is 5.92 Å². The number of ether oxygens (including phenoxy) is 1. The summed E-state index contributed by atoms with van der Waals surface area (Å²) in [4.78, 5) is 19.9. The Kier molecular flexibility index (Phi) is 4.54. The molecular weight excluding hydrogens is 132 g/mol. The fourth-order valence-corrected chi connectivity index (χ4v) is 0.429. The van der Waals surface area contributed by atoms with Gasteiger partial charge in [0.05, 0.1) is 6.61 Å². The number of hydrogen-bond donors (Lipinski definition) is 0. The highest BCUT2D eigenvalue weighted by Gasteiger charge is 1.99. The predicted octanol–water partition coefficient (Wildman–Crippen LogP) is 0.775. The van der Waals surface area contributed by atoms with Gasteiger partial charge in [-0.25, -0.2) is 4.79 Å². The highest BCUT2D eigenvalue weighted by atomic mass is 16.5. The van der Waals surface area contributed by atoms with Crippen LogP contribution in [0.1, 0.15) is 20.3 Å². The van der Waals surface area contributed by atoms with Crippen LogP contribution in [0.25, 0.3) is 0 Å². The van der Waals surface area contributed by atoms with Crippen LogP contribution >= 0.6 is 0 Å². The van der Waals surface area contributed by atoms with Crippen LogP contribution in [0, 0.1) is 5.92 Å². The van der Waals surface area contributed by atoms with Gasteiger partial charge >= 0.3 is 5.97 Å². The van der Waals surface area contributed by atoms with Crippen molar-refractivity contribution in [2.45, 2.75) is 20.3 Å². The highest BCUT2D eigenvalue weighted by molar-refractivity contribution is 6.20. The van der Waals surface area contributed by atoms with Gasteiger partial charge < -0.3 is 4.74 Å². The summed E-state index contributed by atoms with van der Waals surface area (Å²) in [5.74, 6) is -0.278. The van der Waals surface area contributed by atoms with E-state index in [1.807, 2.05) is 13.8 Å². The molecule has 0 rings (SSSR count). The van der Waals surface area contributed by atoms with Gasteiger partial charge in [0.1, 0.15) is 0 Å². The molecule has 0 spiro atoms. The molecule has 0 aromatic carbocycles. The summed E-state index contributed by atoms with van der Waals surface area (Å²) in [7, 11) is 0. The molecule has 0 heterocycles. The van der Waals surface area contributed by atoms with E-state index in [2.05, 4.69) is 4.74 Å². The minimum atomic E-state index is -0.777. The van der Waals surface area contributed by atoms with E-state index in [1.165, 1.54) is 0 Å². The van der Waals surface area contributed by atoms with Crippen molar-refractivity contribution >= 4 is 12.3 Å². The molecule has 0 aliphatic rings. The van der Waals surface area contributed by atoms with Gasteiger partial charge in [-0.1, -0.05) is 13.8 Å². The number of hydrogen-bond acceptors (Lipinski definition) is 3. The topological polar surface area (TPSA) is 43.4 Å². The van der Waals surface area contributed by atoms with Crippen molar-refractivity contribution in [3.63, 3.8) is 0 Å². The molecule has 10 heavy (non-hydrogen) atoms. The van der Waals surface area contributed by atoms with Crippen LogP contribution in [0.15, 0.2) is 0 Å². The summed E-state index contributed by atoms with van der Waals surface area (Å²) >= 11 is 0. The summed E-state index contributed by atoms with van der Waals surface area (Å²) in [5, 5.41) is 0. The summed E-state index contributed by atoms with van der Waals surface area (Å²) in [6.45, 7) is 4.39. The van der Waals surface area contributed by atoms with E-state index >= 15 is 0 Å². The lowest BCUT2D eigenvalue weighted by Crippen LogP contribution is -2.07. The van der Waals surface area contributed by atoms with Crippen LogP contribution in [0.3, 0.4) is 0 Å². The molecule has 0 amide bonds. The van der Waals surface area contributed by atoms with Crippen LogP contribution in [-0.4, -0.2) is 18.9 Å². The molecule has 0 saturated carbocycles. The maximum Gasteiger partial charge on any atom is 0.371 e. The Labute approximate surface area is 60.4 Å². The Hall–Kier alpha value is -0.860. The molecular formula is C7H12O3. The number of carbonyl (C=O) groups excluding carboxylic acids is 2. The maximum absolute atomic E-state index is 10.2. The van der Waals surface area contributed by atoms with Gasteiger partial charge in [0, 0.05) is 0 Å². The molecule has 0 radical (unpaired) electrons. The lowest BCUT2D eigenvalue weighted by molar-refractivity contribution is -0.148. The molecule has 0 N–H and O–H groups in total. The van der Waals surface area contributed by atoms with E-state index in [9.17, 15) is 9.59 Å². The van der Waals surface area contributed by atoms with Crippen molar-refractivity contribution in [2.75, 3.05) is 6.61 Å². The molecule has 3 heteroatoms. The second kappa shape index (κ2) is 4.97. The van der Waals surface area contributed by atoms with Gasteiger partial charge in [0.15, 0.2) is 0 Å². The first-order valence-electron chi connectivity index (χ1n) is 3.28. The van der Waals surface area contributed by atoms with Gasteiger partial charge in [-0.05, 0) is 12.3 Å². The first-order valence-corrected chi connectivity index (χ1v) is 3.28. The summed E-state index contributed by atoms with van der Waals surface area (Å²) < 4.78 is 4.50. The van der Waals surface area contributed by atoms with Crippen molar-refractivity contribution in [3.8, 4) is 0 Å². The minimum Gasteiger partial charge on any atom is -0.460 e. The molecule has 0 aliphatic heterocycles. The summed E-state index contributed by atoms with van der Waals surface area (Å²) in [5.41, 5.74) is 0. The van der Waals surface area contributed by atoms with Crippen molar-refractivity contribution in [1.82, 2.24) is 0 Å². The molecule has 0 aliphatic carbocycles. The molecule has 0 fully saturated rings. The minimum absolute atomic E-state index is 0.181. The SMILES string of the molecule is CC(C)CCOC(=O)C=O. The zero-order chi connectivity index (χ0) is 7.98. The zero-order valence-corrected chi connectivity index (χ0v) is 6.29. The predicted molar refractivity (Wildman–Crippen MR) is 36.5 cm³/mol. The lowest BCUT2D eigenvalue weighted by Gasteiger charge is -2.02. The van der Waals surface area contributed by atoms with Gasteiger partial charge in [-0.3, -0.25) is 4.79 Å². The summed E-state index contributed by atoms with van der Waals surface area (Å²) in [6, 6.07) is 0. The Morgan fingerprint density at radius 3 is 2.60 bits per heavy atom. The van der Waals surface area contributed by atoms with Gasteiger partial charge in [0.2, 0.25) is 6.29 Å². The molecule has 3 nitrogen and oxygen atoms in total. The van der Waals surface area contributed by atoms with Gasteiger partial charge in [0.25, 0.3) is 0 Å². The fraction of sp³-hybridized carbons (Fsp3) is 0.714. The average molecular weight is 144 g/mol. The molecule has 0 aromatic rings. The molecule has 0 unspecified atom stereocenters. The average Bonchev–Trinajstić information content (AvgIpc) is 1.87. The van der Waals surface area contributed by atoms with Crippen molar-refractivity contribution in [3.05, 3.63) is 0 Å². The quantitative estimate of drug-likeness (QED) is 0.332. The molecule has 58 valence electrons. The van der Waals surface area contributed by atoms with Crippen LogP contribution < -0.4 is 0 Å². The van der Waals surface area contributed by atoms with Crippen LogP contribution in [0.2, 0.25) is 0 Å². The smallest absolute Gasteiger partial charge is 0.371 e. The Morgan fingerprint density at radius 2 is 2.20 bits per heavy atom. The number of rotatable bonds is 4. The van der Waals surface area contributed by atoms with E-state index in [-0.39, 0.29) is 6.29 Å². The first-order chi connectivity index (χ1) is 4.66. The Balaban J connectivity index is 3.19. The van der Waals surface area contributed by atoms with E-state index < -0.39 is 5.97 Å². The van der Waals surface area contributed by atoms with Crippen LogP contribution in [0.5, 0.6) is 0 Å². The monoisotopic (exact) mass is 144 g/mol. The Morgan fingerprint density at radius 1 is 1.60 bits per heavy atom. The van der Waals surface area contributed by atoms with E-state index in [0.717, 1.165) is 6.42 Å². The molecule has 0 atom stereocenters. The van der Waals surface area contributed by atoms with Crippen LogP contribution in [0.4, 0.5) is 0 Å². The standard InChI is InChI=1S/C7H12O3/c1-6(2)3-4-10-7(9)5-8/h5-6H,3-4H2,1-2H3. The second-order valence-electron chi connectivity index (χ2n) is 2.47. The number of esters is 1. The third-order valence-corrected chi connectivity index (χ3v) is 1.04. The normalized spacial score (nSPS) is 9.50. The second-order valence-corrected chi connectivity index (χ2v) is 2.47. The largest absolute Gasteiger partial charge is 0.460 e. The number of carbonyl (C=O) groups is 2. The van der Waals surface area contributed by atoms with E-state index in [0.29, 0.717) is 12.5 Å². The molecule has 0 aromatic heterocycles. The maximum atomic E-state index is 10.2. The van der Waals surface area contributed by atoms with E-state index in [1.54, 1.807) is 0 Å². The zero-order valence-electron chi connectivity index (χ0n) is 6.29. The fourth-order valence-electron chi connectivity index (χ4n) is 0.429. The third-order valence-electron chi connectivity index (χ3n) is 1.04.